The zero-order valence-corrected chi connectivity index (χ0v) is 12.9. The lowest BCUT2D eigenvalue weighted by atomic mass is 10.1. The molecule has 4 nitrogen and oxygen atoms in total. The molecule has 2 aromatic carbocycles. The molecule has 0 saturated carbocycles. The van der Waals surface area contributed by atoms with Gasteiger partial charge in [-0.1, -0.05) is 43.3 Å². The predicted molar refractivity (Wildman–Crippen MR) is 82.1 cm³/mol. The standard InChI is InChI=1S/C16H18O4S/c1-3-14-9-10-15(11-16(14)20-21(2,17)18)19-12-13-7-5-4-6-8-13/h4-11H,3,12H2,1-2H3. The average Bonchev–Trinajstić information content (AvgIpc) is 2.45. The molecule has 0 aliphatic rings. The van der Waals surface area contributed by atoms with Gasteiger partial charge in [-0.05, 0) is 23.6 Å². The van der Waals surface area contributed by atoms with Gasteiger partial charge in [0.05, 0.1) is 6.26 Å². The highest BCUT2D eigenvalue weighted by Gasteiger charge is 2.10. The Bertz CT molecular complexity index is 693. The van der Waals surface area contributed by atoms with Crippen molar-refractivity contribution >= 4 is 10.1 Å². The molecule has 0 fully saturated rings. The molecule has 2 rings (SSSR count). The van der Waals surface area contributed by atoms with E-state index in [0.29, 0.717) is 24.5 Å². The van der Waals surface area contributed by atoms with Crippen LogP contribution in [0.15, 0.2) is 48.5 Å². The normalized spacial score (nSPS) is 11.1. The largest absolute Gasteiger partial charge is 0.489 e. The third-order valence-electron chi connectivity index (χ3n) is 2.91. The summed E-state index contributed by atoms with van der Waals surface area (Å²) in [4.78, 5) is 0. The van der Waals surface area contributed by atoms with Gasteiger partial charge in [0, 0.05) is 6.07 Å². The van der Waals surface area contributed by atoms with E-state index in [-0.39, 0.29) is 0 Å². The number of benzene rings is 2. The molecule has 112 valence electrons. The summed E-state index contributed by atoms with van der Waals surface area (Å²) in [7, 11) is -3.55. The summed E-state index contributed by atoms with van der Waals surface area (Å²) in [6.45, 7) is 2.36. The molecule has 2 aromatic rings. The number of rotatable bonds is 6. The fraction of sp³-hybridized carbons (Fsp3) is 0.250. The van der Waals surface area contributed by atoms with Crippen molar-refractivity contribution < 1.29 is 17.3 Å². The van der Waals surface area contributed by atoms with Gasteiger partial charge in [-0.25, -0.2) is 0 Å². The maximum atomic E-state index is 11.3. The summed E-state index contributed by atoms with van der Waals surface area (Å²) in [5.74, 6) is 0.903. The first-order valence-electron chi connectivity index (χ1n) is 6.67. The van der Waals surface area contributed by atoms with Crippen LogP contribution in [0.4, 0.5) is 0 Å². The topological polar surface area (TPSA) is 52.6 Å². The SMILES string of the molecule is CCc1ccc(OCc2ccccc2)cc1OS(C)(=O)=O. The van der Waals surface area contributed by atoms with Crippen LogP contribution in [0, 0.1) is 0 Å². The van der Waals surface area contributed by atoms with Gasteiger partial charge in [-0.15, -0.1) is 0 Å². The summed E-state index contributed by atoms with van der Waals surface area (Å²) in [5, 5.41) is 0. The zero-order chi connectivity index (χ0) is 15.3. The van der Waals surface area contributed by atoms with Crippen molar-refractivity contribution in [2.45, 2.75) is 20.0 Å². The number of hydrogen-bond acceptors (Lipinski definition) is 4. The molecule has 0 saturated heterocycles. The lowest BCUT2D eigenvalue weighted by molar-refractivity contribution is 0.305. The quantitative estimate of drug-likeness (QED) is 0.769. The minimum absolute atomic E-state index is 0.325. The fourth-order valence-corrected chi connectivity index (χ4v) is 2.38. The van der Waals surface area contributed by atoms with E-state index in [9.17, 15) is 8.42 Å². The molecule has 5 heteroatoms. The van der Waals surface area contributed by atoms with Gasteiger partial charge in [-0.3, -0.25) is 0 Å². The maximum Gasteiger partial charge on any atom is 0.306 e. The van der Waals surface area contributed by atoms with Crippen LogP contribution >= 0.6 is 0 Å². The highest BCUT2D eigenvalue weighted by Crippen LogP contribution is 2.27. The Hall–Kier alpha value is -2.01. The Morgan fingerprint density at radius 1 is 1.05 bits per heavy atom. The lowest BCUT2D eigenvalue weighted by Gasteiger charge is -2.11. The van der Waals surface area contributed by atoms with Crippen molar-refractivity contribution in [2.75, 3.05) is 6.26 Å². The number of aryl methyl sites for hydroxylation is 1. The smallest absolute Gasteiger partial charge is 0.306 e. The van der Waals surface area contributed by atoms with Crippen molar-refractivity contribution in [3.8, 4) is 11.5 Å². The molecule has 0 N–H and O–H groups in total. The van der Waals surface area contributed by atoms with Gasteiger partial charge in [-0.2, -0.15) is 8.42 Å². The second kappa shape index (κ2) is 6.63. The summed E-state index contributed by atoms with van der Waals surface area (Å²) in [6, 6.07) is 15.0. The third-order valence-corrected chi connectivity index (χ3v) is 3.39. The Morgan fingerprint density at radius 2 is 1.76 bits per heavy atom. The van der Waals surface area contributed by atoms with Gasteiger partial charge >= 0.3 is 10.1 Å². The summed E-state index contributed by atoms with van der Waals surface area (Å²) < 4.78 is 33.3. The molecule has 0 heterocycles. The first-order valence-corrected chi connectivity index (χ1v) is 8.48. The number of ether oxygens (including phenoxy) is 1. The molecule has 0 aromatic heterocycles. The molecule has 0 bridgehead atoms. The molecule has 21 heavy (non-hydrogen) atoms. The van der Waals surface area contributed by atoms with Gasteiger partial charge in [0.25, 0.3) is 0 Å². The molecule has 0 radical (unpaired) electrons. The Kier molecular flexibility index (Phi) is 4.85. The van der Waals surface area contributed by atoms with Gasteiger partial charge in [0.15, 0.2) is 0 Å². The van der Waals surface area contributed by atoms with Crippen molar-refractivity contribution in [1.82, 2.24) is 0 Å². The minimum Gasteiger partial charge on any atom is -0.489 e. The van der Waals surface area contributed by atoms with Crippen LogP contribution in [-0.2, 0) is 23.1 Å². The molecule has 0 spiro atoms. The van der Waals surface area contributed by atoms with E-state index < -0.39 is 10.1 Å². The van der Waals surface area contributed by atoms with Gasteiger partial charge < -0.3 is 8.92 Å². The monoisotopic (exact) mass is 306 g/mol. The first kappa shape index (κ1) is 15.4. The molecule has 0 amide bonds. The fourth-order valence-electron chi connectivity index (χ4n) is 1.90. The van der Waals surface area contributed by atoms with Crippen LogP contribution in [0.2, 0.25) is 0 Å². The van der Waals surface area contributed by atoms with E-state index >= 15 is 0 Å². The second-order valence-corrected chi connectivity index (χ2v) is 6.26. The Labute approximate surface area is 125 Å². The molecular weight excluding hydrogens is 288 g/mol. The van der Waals surface area contributed by atoms with Crippen molar-refractivity contribution in [3.63, 3.8) is 0 Å². The highest BCUT2D eigenvalue weighted by molar-refractivity contribution is 7.86. The highest BCUT2D eigenvalue weighted by atomic mass is 32.2. The lowest BCUT2D eigenvalue weighted by Crippen LogP contribution is -2.07. The van der Waals surface area contributed by atoms with E-state index in [1.165, 1.54) is 0 Å². The van der Waals surface area contributed by atoms with Crippen molar-refractivity contribution in [2.24, 2.45) is 0 Å². The summed E-state index contributed by atoms with van der Waals surface area (Å²) in [6.07, 6.45) is 1.72. The van der Waals surface area contributed by atoms with E-state index in [4.69, 9.17) is 8.92 Å². The Balaban J connectivity index is 2.15. The minimum atomic E-state index is -3.55. The first-order chi connectivity index (χ1) is 9.98. The van der Waals surface area contributed by atoms with Crippen LogP contribution < -0.4 is 8.92 Å². The van der Waals surface area contributed by atoms with Crippen LogP contribution in [0.5, 0.6) is 11.5 Å². The van der Waals surface area contributed by atoms with Crippen molar-refractivity contribution in [1.29, 1.82) is 0 Å². The van der Waals surface area contributed by atoms with Crippen molar-refractivity contribution in [3.05, 3.63) is 59.7 Å². The van der Waals surface area contributed by atoms with Crippen LogP contribution in [0.3, 0.4) is 0 Å². The van der Waals surface area contributed by atoms with E-state index in [1.54, 1.807) is 6.07 Å². The number of hydrogen-bond donors (Lipinski definition) is 0. The van der Waals surface area contributed by atoms with E-state index in [1.807, 2.05) is 49.4 Å². The van der Waals surface area contributed by atoms with Crippen LogP contribution in [0.1, 0.15) is 18.1 Å². The predicted octanol–water partition coefficient (Wildman–Crippen LogP) is 3.17. The van der Waals surface area contributed by atoms with Crippen LogP contribution in [-0.4, -0.2) is 14.7 Å². The molecule has 0 aliphatic carbocycles. The molecular formula is C16H18O4S. The van der Waals surface area contributed by atoms with Gasteiger partial charge in [0.1, 0.15) is 18.1 Å². The third kappa shape index (κ3) is 4.79. The molecule has 0 aliphatic heterocycles. The Morgan fingerprint density at radius 3 is 2.38 bits per heavy atom. The summed E-state index contributed by atoms with van der Waals surface area (Å²) in [5.41, 5.74) is 1.87. The average molecular weight is 306 g/mol. The maximum absolute atomic E-state index is 11.3. The van der Waals surface area contributed by atoms with E-state index in [2.05, 4.69) is 0 Å². The molecule has 0 unspecified atom stereocenters. The zero-order valence-electron chi connectivity index (χ0n) is 12.1. The van der Waals surface area contributed by atoms with E-state index in [0.717, 1.165) is 17.4 Å². The second-order valence-electron chi connectivity index (χ2n) is 4.68. The van der Waals surface area contributed by atoms with Gasteiger partial charge in [0.2, 0.25) is 0 Å². The van der Waals surface area contributed by atoms with Crippen LogP contribution in [0.25, 0.3) is 0 Å². The summed E-state index contributed by atoms with van der Waals surface area (Å²) >= 11 is 0. The molecule has 0 atom stereocenters.